The first-order chi connectivity index (χ1) is 14.3. The maximum Gasteiger partial charge on any atom is 0.290 e. The Kier molecular flexibility index (Phi) is 5.49. The summed E-state index contributed by atoms with van der Waals surface area (Å²) in [4.78, 5) is 3.32. The second-order valence-corrected chi connectivity index (χ2v) is 10.7. The van der Waals surface area contributed by atoms with Crippen molar-refractivity contribution in [3.05, 3.63) is 47.4 Å². The molecule has 0 spiro atoms. The summed E-state index contributed by atoms with van der Waals surface area (Å²) in [7, 11) is -3.35. The van der Waals surface area contributed by atoms with E-state index in [-0.39, 0.29) is 5.75 Å². The van der Waals surface area contributed by atoms with Gasteiger partial charge in [0.2, 0.25) is 0 Å². The van der Waals surface area contributed by atoms with E-state index in [4.69, 9.17) is 0 Å². The number of hydrogen-bond acceptors (Lipinski definition) is 4. The number of aromatic amines is 1. The number of sulfone groups is 1. The largest absolute Gasteiger partial charge is 0.710 e. The Hall–Kier alpha value is -2.54. The van der Waals surface area contributed by atoms with Crippen LogP contribution in [0.5, 0.6) is 0 Å². The number of aromatic nitrogens is 2. The van der Waals surface area contributed by atoms with Crippen molar-refractivity contribution in [2.24, 2.45) is 5.92 Å². The predicted molar refractivity (Wildman–Crippen MR) is 120 cm³/mol. The zero-order chi connectivity index (χ0) is 21.5. The van der Waals surface area contributed by atoms with Gasteiger partial charge in [-0.25, -0.2) is 18.1 Å². The third kappa shape index (κ3) is 3.78. The number of rotatable bonds is 5. The van der Waals surface area contributed by atoms with E-state index in [2.05, 4.69) is 17.2 Å². The molecule has 2 N–H and O–H groups in total. The van der Waals surface area contributed by atoms with Crippen LogP contribution in [0, 0.1) is 18.0 Å². The van der Waals surface area contributed by atoms with E-state index < -0.39 is 9.84 Å². The monoisotopic (exact) mass is 427 g/mol. The molecule has 0 atom stereocenters. The van der Waals surface area contributed by atoms with Gasteiger partial charge in [-0.2, -0.15) is 0 Å². The minimum absolute atomic E-state index is 0.0493. The Morgan fingerprint density at radius 2 is 1.87 bits per heavy atom. The minimum atomic E-state index is -3.35. The van der Waals surface area contributed by atoms with Crippen molar-refractivity contribution in [2.45, 2.75) is 57.4 Å². The molecule has 1 aliphatic carbocycles. The highest BCUT2D eigenvalue weighted by atomic mass is 32.2. The van der Waals surface area contributed by atoms with Crippen molar-refractivity contribution in [1.82, 2.24) is 4.98 Å². The highest BCUT2D eigenvalue weighted by Crippen LogP contribution is 2.37. The fraction of sp³-hybridized carbons (Fsp3) is 0.435. The Balaban J connectivity index is 1.87. The number of nitrogens with one attached hydrogen (secondary N) is 2. The molecular weight excluding hydrogens is 398 g/mol. The average Bonchev–Trinajstić information content (AvgIpc) is 3.23. The van der Waals surface area contributed by atoms with E-state index in [1.165, 1.54) is 12.8 Å². The summed E-state index contributed by atoms with van der Waals surface area (Å²) in [6.45, 7) is 5.71. The molecule has 0 unspecified atom stereocenters. The van der Waals surface area contributed by atoms with Gasteiger partial charge in [0.15, 0.2) is 9.84 Å². The first kappa shape index (κ1) is 20.7. The number of anilines is 1. The fourth-order valence-electron chi connectivity index (χ4n) is 4.35. The lowest BCUT2D eigenvalue weighted by molar-refractivity contribution is -0.586. The van der Waals surface area contributed by atoms with Gasteiger partial charge in [0.1, 0.15) is 5.69 Å². The molecule has 7 heteroatoms. The molecule has 1 aromatic carbocycles. The molecule has 0 amide bonds. The number of fused-ring (bicyclic) bond motifs is 1. The highest BCUT2D eigenvalue weighted by Gasteiger charge is 2.23. The van der Waals surface area contributed by atoms with Gasteiger partial charge in [0, 0.05) is 22.9 Å². The maximum absolute atomic E-state index is 12.6. The van der Waals surface area contributed by atoms with Crippen LogP contribution >= 0.6 is 0 Å². The molecule has 0 bridgehead atoms. The minimum Gasteiger partial charge on any atom is -0.710 e. The van der Waals surface area contributed by atoms with E-state index in [1.807, 2.05) is 18.2 Å². The van der Waals surface area contributed by atoms with Crippen LogP contribution in [0.1, 0.15) is 45.2 Å². The third-order valence-electron chi connectivity index (χ3n) is 6.29. The molecule has 160 valence electrons. The normalized spacial score (nSPS) is 19.8. The Bertz CT molecular complexity index is 1180. The summed E-state index contributed by atoms with van der Waals surface area (Å²) in [6.07, 6.45) is 6.33. The van der Waals surface area contributed by atoms with E-state index in [9.17, 15) is 13.6 Å². The summed E-state index contributed by atoms with van der Waals surface area (Å²) in [5, 5.41) is 16.9. The molecule has 1 aliphatic rings. The molecule has 0 radical (unpaired) electrons. The second kappa shape index (κ2) is 7.95. The quantitative estimate of drug-likeness (QED) is 0.461. The van der Waals surface area contributed by atoms with Crippen LogP contribution in [-0.4, -0.2) is 25.2 Å². The van der Waals surface area contributed by atoms with Crippen LogP contribution in [0.25, 0.3) is 22.2 Å². The lowest BCUT2D eigenvalue weighted by Gasteiger charge is -2.29. The number of hydrogen-bond donors (Lipinski definition) is 2. The molecule has 2 heterocycles. The topological polar surface area (TPSA) is 88.9 Å². The van der Waals surface area contributed by atoms with Crippen molar-refractivity contribution in [3.63, 3.8) is 0 Å². The molecule has 2 aromatic heterocycles. The van der Waals surface area contributed by atoms with E-state index in [0.717, 1.165) is 45.7 Å². The number of benzene rings is 1. The smallest absolute Gasteiger partial charge is 0.290 e. The third-order valence-corrected chi connectivity index (χ3v) is 8.02. The number of nitrogens with zero attached hydrogens (tertiary/aromatic N) is 1. The Morgan fingerprint density at radius 3 is 2.57 bits per heavy atom. The lowest BCUT2D eigenvalue weighted by Crippen LogP contribution is -2.31. The molecule has 6 nitrogen and oxygen atoms in total. The van der Waals surface area contributed by atoms with Crippen molar-refractivity contribution in [1.29, 1.82) is 0 Å². The maximum atomic E-state index is 12.6. The Labute approximate surface area is 177 Å². The first-order valence-electron chi connectivity index (χ1n) is 10.6. The summed E-state index contributed by atoms with van der Waals surface area (Å²) >= 11 is 0. The van der Waals surface area contributed by atoms with Crippen molar-refractivity contribution < 1.29 is 13.1 Å². The van der Waals surface area contributed by atoms with Crippen LogP contribution in [0.3, 0.4) is 0 Å². The standard InChI is InChI=1S/C23H29N3O3S/c1-4-30(28,29)18-9-10-22(25-17-7-5-15(2)6-8-17)21(14-18)20-13-16(3)26(27)23-19(20)11-12-24-23/h9-15,17,24-25H,4-8H2,1-3H3/t15-,17-. The van der Waals surface area contributed by atoms with E-state index >= 15 is 0 Å². The number of pyridine rings is 1. The number of H-pyrrole nitrogens is 1. The summed E-state index contributed by atoms with van der Waals surface area (Å²) in [6, 6.07) is 9.39. The molecule has 30 heavy (non-hydrogen) atoms. The molecule has 0 aliphatic heterocycles. The van der Waals surface area contributed by atoms with Gasteiger partial charge in [-0.15, -0.1) is 0 Å². The zero-order valence-electron chi connectivity index (χ0n) is 17.7. The summed E-state index contributed by atoms with van der Waals surface area (Å²) in [5.74, 6) is 0.802. The summed E-state index contributed by atoms with van der Waals surface area (Å²) in [5.41, 5.74) is 3.62. The molecule has 4 rings (SSSR count). The lowest BCUT2D eigenvalue weighted by atomic mass is 9.87. The number of aryl methyl sites for hydroxylation is 1. The first-order valence-corrected chi connectivity index (χ1v) is 12.3. The van der Waals surface area contributed by atoms with Gasteiger partial charge in [-0.3, -0.25) is 0 Å². The predicted octanol–water partition coefficient (Wildman–Crippen LogP) is 4.56. The van der Waals surface area contributed by atoms with Crippen LogP contribution in [0.15, 0.2) is 41.4 Å². The molecule has 0 saturated heterocycles. The SMILES string of the molecule is CCS(=O)(=O)c1ccc(N[C@H]2CC[C@H](C)CC2)c(-c2cc(C)[n+]([O-])c3[nH]ccc23)c1. The fourth-order valence-corrected chi connectivity index (χ4v) is 5.25. The van der Waals surface area contributed by atoms with E-state index in [1.54, 1.807) is 32.2 Å². The van der Waals surface area contributed by atoms with Crippen LogP contribution in [0.4, 0.5) is 5.69 Å². The van der Waals surface area contributed by atoms with E-state index in [0.29, 0.717) is 22.3 Å². The highest BCUT2D eigenvalue weighted by molar-refractivity contribution is 7.91. The van der Waals surface area contributed by atoms with Gasteiger partial charge >= 0.3 is 0 Å². The molecule has 3 aromatic rings. The van der Waals surface area contributed by atoms with Crippen LogP contribution < -0.4 is 10.0 Å². The molecule has 1 fully saturated rings. The van der Waals surface area contributed by atoms with Crippen LogP contribution in [0.2, 0.25) is 0 Å². The van der Waals surface area contributed by atoms with Crippen molar-refractivity contribution >= 4 is 26.6 Å². The zero-order valence-corrected chi connectivity index (χ0v) is 18.6. The molecule has 1 saturated carbocycles. The van der Waals surface area contributed by atoms with Crippen molar-refractivity contribution in [2.75, 3.05) is 11.1 Å². The Morgan fingerprint density at radius 1 is 1.13 bits per heavy atom. The van der Waals surface area contributed by atoms with Gasteiger partial charge in [-0.1, -0.05) is 13.8 Å². The van der Waals surface area contributed by atoms with Gasteiger partial charge < -0.3 is 10.5 Å². The summed E-state index contributed by atoms with van der Waals surface area (Å²) < 4.78 is 26.0. The average molecular weight is 428 g/mol. The second-order valence-electron chi connectivity index (χ2n) is 8.45. The van der Waals surface area contributed by atoms with Gasteiger partial charge in [0.05, 0.1) is 22.2 Å². The van der Waals surface area contributed by atoms with Gasteiger partial charge in [0.25, 0.3) is 5.65 Å². The van der Waals surface area contributed by atoms with Crippen LogP contribution in [-0.2, 0) is 9.84 Å². The van der Waals surface area contributed by atoms with Gasteiger partial charge in [-0.05, 0) is 68.9 Å². The van der Waals surface area contributed by atoms with Crippen molar-refractivity contribution in [3.8, 4) is 11.1 Å². The molecular formula is C23H29N3O3S.